The van der Waals surface area contributed by atoms with E-state index in [2.05, 4.69) is 15.3 Å². The quantitative estimate of drug-likeness (QED) is 0.861. The molecule has 0 aromatic carbocycles. The summed E-state index contributed by atoms with van der Waals surface area (Å²) in [6.07, 6.45) is 3.69. The van der Waals surface area contributed by atoms with E-state index in [0.717, 1.165) is 25.9 Å². The molecule has 1 aromatic heterocycles. The lowest BCUT2D eigenvalue weighted by molar-refractivity contribution is 0.0911. The van der Waals surface area contributed by atoms with Crippen LogP contribution in [0, 0.1) is 5.92 Å². The van der Waals surface area contributed by atoms with Gasteiger partial charge in [-0.05, 0) is 25.7 Å². The molecule has 1 saturated heterocycles. The maximum Gasteiger partial charge on any atom is 0.271 e. The SMILES string of the molecule is CC(CO)C(C)NC(=O)c1nc(N2CCCC2)ncc1Cl. The Balaban J connectivity index is 2.14. The monoisotopic (exact) mass is 312 g/mol. The van der Waals surface area contributed by atoms with E-state index in [1.807, 2.05) is 18.7 Å². The number of hydrogen-bond donors (Lipinski definition) is 2. The minimum absolute atomic E-state index is 0.0119. The third-order valence-electron chi connectivity index (χ3n) is 3.84. The normalized spacial score (nSPS) is 17.6. The first-order valence-electron chi connectivity index (χ1n) is 7.22. The van der Waals surface area contributed by atoms with Crippen LogP contribution in [0.2, 0.25) is 5.02 Å². The summed E-state index contributed by atoms with van der Waals surface area (Å²) >= 11 is 6.04. The van der Waals surface area contributed by atoms with Crippen LogP contribution in [-0.4, -0.2) is 46.7 Å². The van der Waals surface area contributed by atoms with Crippen molar-refractivity contribution in [2.75, 3.05) is 24.6 Å². The standard InChI is InChI=1S/C14H21ClN4O2/c1-9(8-20)10(2)17-13(21)12-11(15)7-16-14(18-12)19-5-3-4-6-19/h7,9-10,20H,3-6,8H2,1-2H3,(H,17,21). The lowest BCUT2D eigenvalue weighted by Gasteiger charge is -2.20. The summed E-state index contributed by atoms with van der Waals surface area (Å²) in [5.74, 6) is 0.174. The van der Waals surface area contributed by atoms with Crippen molar-refractivity contribution in [3.63, 3.8) is 0 Å². The van der Waals surface area contributed by atoms with Crippen molar-refractivity contribution < 1.29 is 9.90 Å². The van der Waals surface area contributed by atoms with Crippen LogP contribution in [0.5, 0.6) is 0 Å². The van der Waals surface area contributed by atoms with Crippen LogP contribution < -0.4 is 10.2 Å². The number of nitrogens with zero attached hydrogens (tertiary/aromatic N) is 3. The highest BCUT2D eigenvalue weighted by atomic mass is 35.5. The number of aromatic nitrogens is 2. The van der Waals surface area contributed by atoms with Crippen molar-refractivity contribution in [2.45, 2.75) is 32.7 Å². The minimum atomic E-state index is -0.337. The second-order valence-electron chi connectivity index (χ2n) is 5.48. The van der Waals surface area contributed by atoms with Crippen molar-refractivity contribution in [2.24, 2.45) is 5.92 Å². The molecule has 1 amide bonds. The number of aliphatic hydroxyl groups excluding tert-OH is 1. The molecule has 0 radical (unpaired) electrons. The lowest BCUT2D eigenvalue weighted by Crippen LogP contribution is -2.39. The molecule has 1 aromatic rings. The number of anilines is 1. The number of halogens is 1. The fourth-order valence-corrected chi connectivity index (χ4v) is 2.34. The summed E-state index contributed by atoms with van der Waals surface area (Å²) in [4.78, 5) is 22.8. The summed E-state index contributed by atoms with van der Waals surface area (Å²) in [6.45, 7) is 5.52. The fraction of sp³-hybridized carbons (Fsp3) is 0.643. The van der Waals surface area contributed by atoms with Crippen LogP contribution in [0.4, 0.5) is 5.95 Å². The van der Waals surface area contributed by atoms with Crippen molar-refractivity contribution in [1.82, 2.24) is 15.3 Å². The minimum Gasteiger partial charge on any atom is -0.396 e. The van der Waals surface area contributed by atoms with Gasteiger partial charge in [-0.1, -0.05) is 18.5 Å². The average molecular weight is 313 g/mol. The first-order valence-corrected chi connectivity index (χ1v) is 7.60. The van der Waals surface area contributed by atoms with Crippen LogP contribution in [0.25, 0.3) is 0 Å². The van der Waals surface area contributed by atoms with E-state index in [9.17, 15) is 4.79 Å². The first-order chi connectivity index (χ1) is 10.0. The van der Waals surface area contributed by atoms with Crippen molar-refractivity contribution in [1.29, 1.82) is 0 Å². The number of amides is 1. The zero-order chi connectivity index (χ0) is 15.4. The van der Waals surface area contributed by atoms with Gasteiger partial charge in [0.1, 0.15) is 0 Å². The molecule has 21 heavy (non-hydrogen) atoms. The highest BCUT2D eigenvalue weighted by Gasteiger charge is 2.21. The Morgan fingerprint density at radius 2 is 2.14 bits per heavy atom. The molecule has 0 saturated carbocycles. The van der Waals surface area contributed by atoms with Gasteiger partial charge in [-0.2, -0.15) is 0 Å². The summed E-state index contributed by atoms with van der Waals surface area (Å²) < 4.78 is 0. The Kier molecular flexibility index (Phi) is 5.36. The molecule has 0 bridgehead atoms. The van der Waals surface area contributed by atoms with Gasteiger partial charge in [0.2, 0.25) is 5.95 Å². The molecule has 2 unspecified atom stereocenters. The maximum absolute atomic E-state index is 12.3. The number of carbonyl (C=O) groups excluding carboxylic acids is 1. The fourth-order valence-electron chi connectivity index (χ4n) is 2.16. The third kappa shape index (κ3) is 3.83. The van der Waals surface area contributed by atoms with Crippen LogP contribution in [0.1, 0.15) is 37.2 Å². The molecule has 116 valence electrons. The van der Waals surface area contributed by atoms with Gasteiger partial charge < -0.3 is 15.3 Å². The summed E-state index contributed by atoms with van der Waals surface area (Å²) in [7, 11) is 0. The molecule has 0 aliphatic carbocycles. The Labute approximate surface area is 129 Å². The zero-order valence-electron chi connectivity index (χ0n) is 12.3. The molecule has 2 atom stereocenters. The van der Waals surface area contributed by atoms with E-state index >= 15 is 0 Å². The molecule has 2 N–H and O–H groups in total. The largest absolute Gasteiger partial charge is 0.396 e. The predicted octanol–water partition coefficient (Wildman–Crippen LogP) is 1.48. The second-order valence-corrected chi connectivity index (χ2v) is 5.89. The topological polar surface area (TPSA) is 78.3 Å². The van der Waals surface area contributed by atoms with Crippen LogP contribution >= 0.6 is 11.6 Å². The number of carbonyl (C=O) groups is 1. The predicted molar refractivity (Wildman–Crippen MR) is 81.7 cm³/mol. The Bertz CT molecular complexity index is 506. The number of rotatable bonds is 5. The van der Waals surface area contributed by atoms with Gasteiger partial charge in [0.05, 0.1) is 11.2 Å². The van der Waals surface area contributed by atoms with Gasteiger partial charge in [-0.25, -0.2) is 9.97 Å². The van der Waals surface area contributed by atoms with Gasteiger partial charge >= 0.3 is 0 Å². The molecule has 7 heteroatoms. The van der Waals surface area contributed by atoms with Crippen molar-refractivity contribution >= 4 is 23.5 Å². The molecule has 2 heterocycles. The number of hydrogen-bond acceptors (Lipinski definition) is 5. The van der Waals surface area contributed by atoms with Crippen LogP contribution in [0.15, 0.2) is 6.20 Å². The molecule has 1 fully saturated rings. The van der Waals surface area contributed by atoms with E-state index in [4.69, 9.17) is 16.7 Å². The molecule has 6 nitrogen and oxygen atoms in total. The first kappa shape index (κ1) is 16.0. The van der Waals surface area contributed by atoms with Crippen molar-refractivity contribution in [3.8, 4) is 0 Å². The molecule has 1 aliphatic heterocycles. The van der Waals surface area contributed by atoms with E-state index in [1.165, 1.54) is 6.20 Å². The Morgan fingerprint density at radius 3 is 2.76 bits per heavy atom. The number of aliphatic hydroxyl groups is 1. The highest BCUT2D eigenvalue weighted by molar-refractivity contribution is 6.33. The van der Waals surface area contributed by atoms with Crippen molar-refractivity contribution in [3.05, 3.63) is 16.9 Å². The molecule has 2 rings (SSSR count). The van der Waals surface area contributed by atoms with E-state index in [1.54, 1.807) is 0 Å². The van der Waals surface area contributed by atoms with E-state index in [0.29, 0.717) is 5.95 Å². The van der Waals surface area contributed by atoms with Gasteiger partial charge in [0.25, 0.3) is 5.91 Å². The van der Waals surface area contributed by atoms with Gasteiger partial charge in [0.15, 0.2) is 5.69 Å². The second kappa shape index (κ2) is 7.04. The average Bonchev–Trinajstić information content (AvgIpc) is 3.00. The Morgan fingerprint density at radius 1 is 1.48 bits per heavy atom. The van der Waals surface area contributed by atoms with Gasteiger partial charge in [-0.15, -0.1) is 0 Å². The third-order valence-corrected chi connectivity index (χ3v) is 4.11. The zero-order valence-corrected chi connectivity index (χ0v) is 13.1. The Hall–Kier alpha value is -1.40. The van der Waals surface area contributed by atoms with E-state index in [-0.39, 0.29) is 35.2 Å². The molecule has 1 aliphatic rings. The van der Waals surface area contributed by atoms with Gasteiger partial charge in [0, 0.05) is 25.7 Å². The summed E-state index contributed by atoms with van der Waals surface area (Å²) in [6, 6.07) is -0.163. The lowest BCUT2D eigenvalue weighted by atomic mass is 10.1. The number of nitrogens with one attached hydrogen (secondary N) is 1. The molecular formula is C14H21ClN4O2. The van der Waals surface area contributed by atoms with Crippen LogP contribution in [-0.2, 0) is 0 Å². The van der Waals surface area contributed by atoms with Crippen LogP contribution in [0.3, 0.4) is 0 Å². The highest BCUT2D eigenvalue weighted by Crippen LogP contribution is 2.20. The molecular weight excluding hydrogens is 292 g/mol. The maximum atomic E-state index is 12.3. The smallest absolute Gasteiger partial charge is 0.271 e. The summed E-state index contributed by atoms with van der Waals surface area (Å²) in [5.41, 5.74) is 0.186. The molecule has 0 spiro atoms. The van der Waals surface area contributed by atoms with E-state index < -0.39 is 0 Å². The van der Waals surface area contributed by atoms with Gasteiger partial charge in [-0.3, -0.25) is 4.79 Å². The summed E-state index contributed by atoms with van der Waals surface area (Å²) in [5, 5.41) is 12.2.